The molecule has 0 aliphatic carbocycles. The first kappa shape index (κ1) is 13.2. The molecule has 1 aromatic heterocycles. The van der Waals surface area contributed by atoms with E-state index in [0.29, 0.717) is 6.54 Å². The van der Waals surface area contributed by atoms with Gasteiger partial charge in [0.15, 0.2) is 0 Å². The van der Waals surface area contributed by atoms with E-state index in [0.717, 1.165) is 36.4 Å². The lowest BCUT2D eigenvalue weighted by Crippen LogP contribution is -2.46. The predicted octanol–water partition coefficient (Wildman–Crippen LogP) is 1.77. The smallest absolute Gasteiger partial charge is 0.102 e. The minimum atomic E-state index is -0.235. The number of hydrogen-bond donors (Lipinski definition) is 0. The number of halogens is 2. The molecule has 0 spiro atoms. The molecule has 0 N–H and O–H groups in total. The first-order chi connectivity index (χ1) is 8.28. The Kier molecular flexibility index (Phi) is 5.12. The zero-order valence-corrected chi connectivity index (χ0v) is 11.9. The number of rotatable bonds is 4. The van der Waals surface area contributed by atoms with Crippen LogP contribution in [-0.2, 0) is 6.54 Å². The van der Waals surface area contributed by atoms with Gasteiger partial charge in [0.2, 0.25) is 0 Å². The van der Waals surface area contributed by atoms with Crippen LogP contribution in [0.1, 0.15) is 5.56 Å². The van der Waals surface area contributed by atoms with Crippen LogP contribution in [0.5, 0.6) is 0 Å². The molecule has 5 heteroatoms. The van der Waals surface area contributed by atoms with Gasteiger partial charge in [-0.2, -0.15) is 0 Å². The largest absolute Gasteiger partial charge is 0.298 e. The van der Waals surface area contributed by atoms with Crippen molar-refractivity contribution in [1.29, 1.82) is 0 Å². The van der Waals surface area contributed by atoms with Crippen molar-refractivity contribution in [2.24, 2.45) is 0 Å². The van der Waals surface area contributed by atoms with Gasteiger partial charge in [0.25, 0.3) is 0 Å². The molecular formula is C12H17FIN3. The topological polar surface area (TPSA) is 19.4 Å². The van der Waals surface area contributed by atoms with Gasteiger partial charge in [-0.05, 0) is 34.2 Å². The average molecular weight is 349 g/mol. The first-order valence-corrected chi connectivity index (χ1v) is 6.97. The quantitative estimate of drug-likeness (QED) is 0.610. The predicted molar refractivity (Wildman–Crippen MR) is 74.6 cm³/mol. The average Bonchev–Trinajstić information content (AvgIpc) is 2.35. The molecule has 1 fully saturated rings. The lowest BCUT2D eigenvalue weighted by atomic mass is 10.2. The van der Waals surface area contributed by atoms with Crippen molar-refractivity contribution in [1.82, 2.24) is 14.8 Å². The molecule has 1 saturated heterocycles. The summed E-state index contributed by atoms with van der Waals surface area (Å²) in [6, 6.07) is 4.16. The summed E-state index contributed by atoms with van der Waals surface area (Å²) in [5.41, 5.74) is 1.25. The van der Waals surface area contributed by atoms with Crippen LogP contribution in [0.3, 0.4) is 0 Å². The van der Waals surface area contributed by atoms with Crippen LogP contribution in [0.25, 0.3) is 0 Å². The third kappa shape index (κ3) is 4.15. The molecule has 0 atom stereocenters. The molecule has 94 valence electrons. The molecular weight excluding hydrogens is 332 g/mol. The fourth-order valence-corrected chi connectivity index (χ4v) is 2.37. The maximum atomic E-state index is 12.2. The Balaban J connectivity index is 1.79. The van der Waals surface area contributed by atoms with Crippen molar-refractivity contribution in [2.75, 3.05) is 39.4 Å². The van der Waals surface area contributed by atoms with Gasteiger partial charge >= 0.3 is 0 Å². The van der Waals surface area contributed by atoms with Crippen LogP contribution >= 0.6 is 22.6 Å². The van der Waals surface area contributed by atoms with Gasteiger partial charge in [-0.1, -0.05) is 6.07 Å². The Bertz CT molecular complexity index is 336. The molecule has 0 unspecified atom stereocenters. The molecule has 0 saturated carbocycles. The van der Waals surface area contributed by atoms with Crippen LogP contribution < -0.4 is 0 Å². The monoisotopic (exact) mass is 349 g/mol. The second-order valence-corrected chi connectivity index (χ2v) is 5.40. The molecule has 1 aromatic rings. The standard InChI is InChI=1S/C12H17FIN3/c13-3-4-16-5-7-17(8-6-16)10-11-1-2-12(14)15-9-11/h1-2,9H,3-8,10H2. The number of aromatic nitrogens is 1. The Hall–Kier alpha value is -0.270. The van der Waals surface area contributed by atoms with Gasteiger partial charge in [-0.3, -0.25) is 14.8 Å². The molecule has 0 bridgehead atoms. The van der Waals surface area contributed by atoms with Gasteiger partial charge in [-0.25, -0.2) is 4.39 Å². The number of nitrogens with zero attached hydrogens (tertiary/aromatic N) is 3. The molecule has 2 heterocycles. The van der Waals surface area contributed by atoms with Crippen LogP contribution in [0.2, 0.25) is 0 Å². The molecule has 0 aromatic carbocycles. The molecule has 1 aliphatic rings. The van der Waals surface area contributed by atoms with Crippen molar-refractivity contribution in [3.63, 3.8) is 0 Å². The second kappa shape index (κ2) is 6.61. The number of pyridine rings is 1. The highest BCUT2D eigenvalue weighted by Gasteiger charge is 2.16. The Morgan fingerprint density at radius 1 is 1.18 bits per heavy atom. The van der Waals surface area contributed by atoms with E-state index in [9.17, 15) is 4.39 Å². The van der Waals surface area contributed by atoms with Crippen LogP contribution in [0.4, 0.5) is 4.39 Å². The fourth-order valence-electron chi connectivity index (χ4n) is 2.05. The van der Waals surface area contributed by atoms with E-state index in [-0.39, 0.29) is 6.67 Å². The summed E-state index contributed by atoms with van der Waals surface area (Å²) in [4.78, 5) is 8.87. The maximum Gasteiger partial charge on any atom is 0.102 e. The SMILES string of the molecule is FCCN1CCN(Cc2ccc(I)nc2)CC1. The van der Waals surface area contributed by atoms with Gasteiger partial charge in [-0.15, -0.1) is 0 Å². The lowest BCUT2D eigenvalue weighted by molar-refractivity contribution is 0.121. The normalized spacial score (nSPS) is 18.5. The molecule has 0 radical (unpaired) electrons. The summed E-state index contributed by atoms with van der Waals surface area (Å²) < 4.78 is 13.2. The minimum absolute atomic E-state index is 0.235. The fraction of sp³-hybridized carbons (Fsp3) is 0.583. The molecule has 1 aliphatic heterocycles. The van der Waals surface area contributed by atoms with E-state index in [4.69, 9.17) is 0 Å². The lowest BCUT2D eigenvalue weighted by Gasteiger charge is -2.34. The van der Waals surface area contributed by atoms with Gasteiger partial charge in [0.05, 0.1) is 0 Å². The second-order valence-electron chi connectivity index (χ2n) is 4.30. The summed E-state index contributed by atoms with van der Waals surface area (Å²) in [5.74, 6) is 0. The zero-order chi connectivity index (χ0) is 12.1. The highest BCUT2D eigenvalue weighted by Crippen LogP contribution is 2.09. The summed E-state index contributed by atoms with van der Waals surface area (Å²) in [7, 11) is 0. The summed E-state index contributed by atoms with van der Waals surface area (Å²) >= 11 is 2.21. The van der Waals surface area contributed by atoms with Crippen LogP contribution in [0, 0.1) is 3.70 Å². The Morgan fingerprint density at radius 3 is 2.47 bits per heavy atom. The summed E-state index contributed by atoms with van der Waals surface area (Å²) in [5, 5.41) is 0. The molecule has 17 heavy (non-hydrogen) atoms. The van der Waals surface area contributed by atoms with Crippen molar-refractivity contribution in [2.45, 2.75) is 6.54 Å². The van der Waals surface area contributed by atoms with Crippen molar-refractivity contribution < 1.29 is 4.39 Å². The van der Waals surface area contributed by atoms with E-state index in [1.807, 2.05) is 12.3 Å². The highest BCUT2D eigenvalue weighted by atomic mass is 127. The number of alkyl halides is 1. The Labute approximate surface area is 115 Å². The minimum Gasteiger partial charge on any atom is -0.298 e. The van der Waals surface area contributed by atoms with E-state index >= 15 is 0 Å². The summed E-state index contributed by atoms with van der Waals surface area (Å²) in [6.07, 6.45) is 1.94. The Morgan fingerprint density at radius 2 is 1.88 bits per heavy atom. The first-order valence-electron chi connectivity index (χ1n) is 5.89. The number of hydrogen-bond acceptors (Lipinski definition) is 3. The van der Waals surface area contributed by atoms with Crippen LogP contribution in [0.15, 0.2) is 18.3 Å². The van der Waals surface area contributed by atoms with E-state index in [1.165, 1.54) is 5.56 Å². The third-order valence-electron chi connectivity index (χ3n) is 3.06. The highest BCUT2D eigenvalue weighted by molar-refractivity contribution is 14.1. The third-order valence-corrected chi connectivity index (χ3v) is 3.70. The maximum absolute atomic E-state index is 12.2. The van der Waals surface area contributed by atoms with Crippen molar-refractivity contribution >= 4 is 22.6 Å². The zero-order valence-electron chi connectivity index (χ0n) is 9.78. The molecule has 3 nitrogen and oxygen atoms in total. The van der Waals surface area contributed by atoms with E-state index in [2.05, 4.69) is 43.4 Å². The molecule has 0 amide bonds. The summed E-state index contributed by atoms with van der Waals surface area (Å²) in [6.45, 7) is 5.29. The van der Waals surface area contributed by atoms with Gasteiger partial charge < -0.3 is 0 Å². The molecule has 2 rings (SSSR count). The van der Waals surface area contributed by atoms with Crippen molar-refractivity contribution in [3.05, 3.63) is 27.6 Å². The van der Waals surface area contributed by atoms with Crippen LogP contribution in [-0.4, -0.2) is 54.2 Å². The van der Waals surface area contributed by atoms with Crippen molar-refractivity contribution in [3.8, 4) is 0 Å². The van der Waals surface area contributed by atoms with E-state index < -0.39 is 0 Å². The van der Waals surface area contributed by atoms with E-state index in [1.54, 1.807) is 0 Å². The number of piperazine rings is 1. The van der Waals surface area contributed by atoms with Gasteiger partial charge in [0, 0.05) is 45.5 Å². The van der Waals surface area contributed by atoms with Gasteiger partial charge in [0.1, 0.15) is 10.4 Å².